The van der Waals surface area contributed by atoms with Gasteiger partial charge in [0.1, 0.15) is 5.54 Å². The van der Waals surface area contributed by atoms with Crippen LogP contribution < -0.4 is 10.2 Å². The molecule has 198 valence electrons. The van der Waals surface area contributed by atoms with Crippen molar-refractivity contribution in [3.8, 4) is 0 Å². The van der Waals surface area contributed by atoms with E-state index in [1.54, 1.807) is 0 Å². The van der Waals surface area contributed by atoms with Crippen molar-refractivity contribution in [3.05, 3.63) is 56.0 Å². The maximum Gasteiger partial charge on any atom is 0.306 e. The number of carboxylic acids is 1. The van der Waals surface area contributed by atoms with E-state index in [0.29, 0.717) is 5.69 Å². The van der Waals surface area contributed by atoms with E-state index in [9.17, 15) is 28.3 Å². The van der Waals surface area contributed by atoms with Gasteiger partial charge in [-0.05, 0) is 30.3 Å². The van der Waals surface area contributed by atoms with Gasteiger partial charge in [-0.3, -0.25) is 19.3 Å². The first-order chi connectivity index (χ1) is 17.2. The number of carboxylic acid groups (broad SMARTS) is 1. The third-order valence-corrected chi connectivity index (χ3v) is 7.81. The normalized spacial score (nSPS) is 23.5. The van der Waals surface area contributed by atoms with Gasteiger partial charge in [-0.15, -0.1) is 0 Å². The number of halogens is 6. The fourth-order valence-electron chi connectivity index (χ4n) is 5.19. The molecule has 1 fully saturated rings. The molecule has 1 saturated heterocycles. The summed E-state index contributed by atoms with van der Waals surface area (Å²) in [5.74, 6) is -7.20. The van der Waals surface area contributed by atoms with Crippen molar-refractivity contribution in [1.82, 2.24) is 4.90 Å². The van der Waals surface area contributed by atoms with E-state index in [1.165, 1.54) is 49.2 Å². The number of hydrogen-bond acceptors (Lipinski definition) is 4. The Morgan fingerprint density at radius 1 is 1.14 bits per heavy atom. The van der Waals surface area contributed by atoms with Crippen LogP contribution in [0.5, 0.6) is 0 Å². The van der Waals surface area contributed by atoms with Crippen LogP contribution in [0.1, 0.15) is 25.3 Å². The van der Waals surface area contributed by atoms with Gasteiger partial charge in [0, 0.05) is 45.8 Å². The van der Waals surface area contributed by atoms with Crippen LogP contribution in [0.2, 0.25) is 20.1 Å². The summed E-state index contributed by atoms with van der Waals surface area (Å²) >= 11 is 24.5. The molecule has 0 unspecified atom stereocenters. The quantitative estimate of drug-likeness (QED) is 0.433. The number of anilines is 2. The minimum Gasteiger partial charge on any atom is -0.481 e. The van der Waals surface area contributed by atoms with E-state index in [2.05, 4.69) is 5.32 Å². The van der Waals surface area contributed by atoms with Crippen LogP contribution in [0.15, 0.2) is 30.3 Å². The SMILES string of the molecule is C[C@@H](C(=O)N(C)c1cc(Cl)cc(Cl)c1)[C@H]1CC(F)(F)CN1[C@@]1(CC(=O)O)C(=O)Nc2c(Cl)cc(Cl)cc21. The Hall–Kier alpha value is -2.17. The van der Waals surface area contributed by atoms with Gasteiger partial charge in [0.15, 0.2) is 0 Å². The highest BCUT2D eigenvalue weighted by atomic mass is 35.5. The Balaban J connectivity index is 1.80. The molecule has 0 spiro atoms. The third-order valence-electron chi connectivity index (χ3n) is 6.85. The van der Waals surface area contributed by atoms with Crippen molar-refractivity contribution in [3.63, 3.8) is 0 Å². The van der Waals surface area contributed by atoms with Crippen molar-refractivity contribution in [2.45, 2.75) is 37.3 Å². The second-order valence-electron chi connectivity index (χ2n) is 9.26. The monoisotopic (exact) mass is 593 g/mol. The van der Waals surface area contributed by atoms with Crippen LogP contribution in [-0.4, -0.2) is 53.3 Å². The minimum absolute atomic E-state index is 0.0346. The molecule has 3 atom stereocenters. The number of benzene rings is 2. The molecule has 4 rings (SSSR count). The van der Waals surface area contributed by atoms with Crippen molar-refractivity contribution >= 4 is 75.6 Å². The lowest BCUT2D eigenvalue weighted by atomic mass is 9.83. The topological polar surface area (TPSA) is 90.0 Å². The molecule has 13 heteroatoms. The summed E-state index contributed by atoms with van der Waals surface area (Å²) in [7, 11) is 1.45. The lowest BCUT2D eigenvalue weighted by Crippen LogP contribution is -2.57. The van der Waals surface area contributed by atoms with Gasteiger partial charge in [0.2, 0.25) is 11.8 Å². The number of hydrogen-bond donors (Lipinski definition) is 2. The van der Waals surface area contributed by atoms with Gasteiger partial charge in [-0.2, -0.15) is 0 Å². The zero-order chi connectivity index (χ0) is 27.4. The molecular weight excluding hydrogens is 574 g/mol. The van der Waals surface area contributed by atoms with Gasteiger partial charge in [0.25, 0.3) is 5.92 Å². The number of aliphatic carboxylic acids is 1. The molecule has 2 aromatic rings. The standard InChI is InChI=1S/C24H21Cl4F2N3O4/c1-11(21(36)32(2)15-4-12(25)3-13(26)5-15)18-8-23(29,30)10-33(18)24(9-19(34)35)16-6-14(27)7-17(28)20(16)31-22(24)37/h3-7,11,18H,8-10H2,1-2H3,(H,31,37)(H,34,35)/t11-,18-,24-/m1/s1. The zero-order valence-electron chi connectivity index (χ0n) is 19.5. The van der Waals surface area contributed by atoms with Crippen LogP contribution >= 0.6 is 46.4 Å². The van der Waals surface area contributed by atoms with E-state index in [4.69, 9.17) is 46.4 Å². The van der Waals surface area contributed by atoms with E-state index in [-0.39, 0.29) is 31.3 Å². The number of amides is 2. The van der Waals surface area contributed by atoms with Crippen LogP contribution in [0, 0.1) is 5.92 Å². The predicted octanol–water partition coefficient (Wildman–Crippen LogP) is 5.93. The summed E-state index contributed by atoms with van der Waals surface area (Å²) in [6.07, 6.45) is -1.63. The smallest absolute Gasteiger partial charge is 0.306 e. The highest BCUT2D eigenvalue weighted by Gasteiger charge is 2.62. The van der Waals surface area contributed by atoms with Crippen molar-refractivity contribution < 1.29 is 28.3 Å². The van der Waals surface area contributed by atoms with E-state index in [0.717, 1.165) is 4.90 Å². The molecule has 0 bridgehead atoms. The van der Waals surface area contributed by atoms with Crippen LogP contribution in [0.25, 0.3) is 0 Å². The summed E-state index contributed by atoms with van der Waals surface area (Å²) in [6, 6.07) is 5.95. The number of likely N-dealkylation sites (tertiary alicyclic amines) is 1. The average Bonchev–Trinajstić information content (AvgIpc) is 3.25. The van der Waals surface area contributed by atoms with Crippen LogP contribution in [-0.2, 0) is 19.9 Å². The third kappa shape index (κ3) is 5.00. The molecule has 2 aromatic carbocycles. The number of nitrogens with one attached hydrogen (secondary N) is 1. The molecule has 7 nitrogen and oxygen atoms in total. The first-order valence-electron chi connectivity index (χ1n) is 11.1. The van der Waals surface area contributed by atoms with Crippen molar-refractivity contribution in [1.29, 1.82) is 0 Å². The second-order valence-corrected chi connectivity index (χ2v) is 11.0. The lowest BCUT2D eigenvalue weighted by Gasteiger charge is -2.41. The number of carbonyl (C=O) groups excluding carboxylic acids is 2. The van der Waals surface area contributed by atoms with E-state index >= 15 is 0 Å². The van der Waals surface area contributed by atoms with Gasteiger partial charge in [-0.25, -0.2) is 8.78 Å². The first kappa shape index (κ1) is 27.9. The van der Waals surface area contributed by atoms with E-state index < -0.39 is 60.6 Å². The van der Waals surface area contributed by atoms with Crippen LogP contribution in [0.4, 0.5) is 20.2 Å². The largest absolute Gasteiger partial charge is 0.481 e. The summed E-state index contributed by atoms with van der Waals surface area (Å²) in [5, 5.41) is 13.0. The lowest BCUT2D eigenvalue weighted by molar-refractivity contribution is -0.147. The molecule has 2 aliphatic heterocycles. The van der Waals surface area contributed by atoms with Gasteiger partial charge >= 0.3 is 5.97 Å². The maximum absolute atomic E-state index is 15.0. The number of fused-ring (bicyclic) bond motifs is 1. The van der Waals surface area contributed by atoms with Gasteiger partial charge < -0.3 is 15.3 Å². The fourth-order valence-corrected chi connectivity index (χ4v) is 6.24. The summed E-state index contributed by atoms with van der Waals surface area (Å²) in [4.78, 5) is 41.3. The Kier molecular flexibility index (Phi) is 7.42. The Labute approximate surface area is 231 Å². The summed E-state index contributed by atoms with van der Waals surface area (Å²) < 4.78 is 30.0. The van der Waals surface area contributed by atoms with Crippen molar-refractivity contribution in [2.24, 2.45) is 5.92 Å². The molecule has 0 radical (unpaired) electrons. The highest BCUT2D eigenvalue weighted by molar-refractivity contribution is 6.38. The first-order valence-corrected chi connectivity index (χ1v) is 12.6. The average molecular weight is 595 g/mol. The number of alkyl halides is 2. The number of rotatable bonds is 6. The predicted molar refractivity (Wildman–Crippen MR) is 138 cm³/mol. The highest BCUT2D eigenvalue weighted by Crippen LogP contribution is 2.52. The number of carbonyl (C=O) groups is 3. The van der Waals surface area contributed by atoms with Gasteiger partial charge in [0.05, 0.1) is 29.6 Å². The Morgan fingerprint density at radius 3 is 2.32 bits per heavy atom. The molecule has 37 heavy (non-hydrogen) atoms. The molecule has 0 aromatic heterocycles. The zero-order valence-corrected chi connectivity index (χ0v) is 22.5. The minimum atomic E-state index is -3.31. The summed E-state index contributed by atoms with van der Waals surface area (Å²) in [6.45, 7) is 0.503. The Bertz CT molecular complexity index is 1290. The molecule has 0 saturated carbocycles. The molecular formula is C24H21Cl4F2N3O4. The van der Waals surface area contributed by atoms with Gasteiger partial charge in [-0.1, -0.05) is 53.3 Å². The number of nitrogens with zero attached hydrogens (tertiary/aromatic N) is 2. The molecule has 2 N–H and O–H groups in total. The van der Waals surface area contributed by atoms with Crippen LogP contribution in [0.3, 0.4) is 0 Å². The second kappa shape index (κ2) is 9.85. The molecule has 0 aliphatic carbocycles. The van der Waals surface area contributed by atoms with Crippen molar-refractivity contribution in [2.75, 3.05) is 23.8 Å². The molecule has 2 heterocycles. The fraction of sp³-hybridized carbons (Fsp3) is 0.375. The molecule has 2 aliphatic rings. The summed E-state index contributed by atoms with van der Waals surface area (Å²) in [5.41, 5.74) is -1.58. The maximum atomic E-state index is 15.0. The Morgan fingerprint density at radius 2 is 1.73 bits per heavy atom. The molecule has 2 amide bonds. The van der Waals surface area contributed by atoms with E-state index in [1.807, 2.05) is 0 Å².